The average molecular weight is 374 g/mol. The van der Waals surface area contributed by atoms with Crippen molar-refractivity contribution in [2.75, 3.05) is 0 Å². The van der Waals surface area contributed by atoms with E-state index in [0.717, 1.165) is 28.8 Å². The van der Waals surface area contributed by atoms with Gasteiger partial charge in [-0.3, -0.25) is 4.68 Å². The zero-order chi connectivity index (χ0) is 15.4. The summed E-state index contributed by atoms with van der Waals surface area (Å²) in [5.41, 5.74) is 2.69. The zero-order valence-corrected chi connectivity index (χ0v) is 14.4. The maximum Gasteiger partial charge on any atom is 0.131 e. The van der Waals surface area contributed by atoms with E-state index in [-0.39, 0.29) is 6.61 Å². The number of rotatable bonds is 6. The first-order valence-electron chi connectivity index (χ1n) is 6.86. The number of aliphatic hydroxyl groups is 1. The van der Waals surface area contributed by atoms with E-state index in [2.05, 4.69) is 28.0 Å². The first-order chi connectivity index (χ1) is 10.1. The minimum absolute atomic E-state index is 0.107. The van der Waals surface area contributed by atoms with Crippen LogP contribution in [0.4, 0.5) is 0 Å². The molecule has 0 saturated carbocycles. The van der Waals surface area contributed by atoms with Gasteiger partial charge in [0.2, 0.25) is 0 Å². The normalized spacial score (nSPS) is 10.9. The highest BCUT2D eigenvalue weighted by Crippen LogP contribution is 2.27. The fourth-order valence-corrected chi connectivity index (χ4v) is 2.99. The van der Waals surface area contributed by atoms with E-state index in [9.17, 15) is 5.11 Å². The van der Waals surface area contributed by atoms with E-state index in [1.165, 1.54) is 0 Å². The van der Waals surface area contributed by atoms with Crippen molar-refractivity contribution in [2.45, 2.75) is 40.0 Å². The Morgan fingerprint density at radius 1 is 1.38 bits per heavy atom. The lowest BCUT2D eigenvalue weighted by atomic mass is 10.2. The lowest BCUT2D eigenvalue weighted by molar-refractivity contribution is 0.254. The summed E-state index contributed by atoms with van der Waals surface area (Å²) < 4.78 is 8.76. The zero-order valence-electron chi connectivity index (χ0n) is 12.1. The Hall–Kier alpha value is -1.04. The molecule has 1 heterocycles. The van der Waals surface area contributed by atoms with E-state index in [0.29, 0.717) is 22.9 Å². The van der Waals surface area contributed by atoms with E-state index in [1.54, 1.807) is 18.2 Å². The van der Waals surface area contributed by atoms with Crippen molar-refractivity contribution in [1.82, 2.24) is 9.78 Å². The molecule has 0 bridgehead atoms. The van der Waals surface area contributed by atoms with Crippen LogP contribution in [0.25, 0.3) is 0 Å². The third-order valence-electron chi connectivity index (χ3n) is 3.25. The van der Waals surface area contributed by atoms with Crippen LogP contribution in [-0.2, 0) is 26.2 Å². The molecule has 0 radical (unpaired) electrons. The standard InChI is InChI=1S/C15H18BrClN2O2/c1-3-12-15(16)13(19(4-2)18-12)9-21-14-6-5-11(17)7-10(14)8-20/h5-7,20H,3-4,8-9H2,1-2H3. The van der Waals surface area contributed by atoms with Gasteiger partial charge in [-0.15, -0.1) is 0 Å². The third-order valence-corrected chi connectivity index (χ3v) is 4.40. The summed E-state index contributed by atoms with van der Waals surface area (Å²) >= 11 is 9.51. The Morgan fingerprint density at radius 3 is 2.76 bits per heavy atom. The number of ether oxygens (including phenoxy) is 1. The number of aromatic nitrogens is 2. The summed E-state index contributed by atoms with van der Waals surface area (Å²) in [5, 5.41) is 14.5. The van der Waals surface area contributed by atoms with E-state index in [4.69, 9.17) is 16.3 Å². The highest BCUT2D eigenvalue weighted by atomic mass is 79.9. The average Bonchev–Trinajstić information content (AvgIpc) is 2.81. The van der Waals surface area contributed by atoms with Crippen LogP contribution in [0.2, 0.25) is 5.02 Å². The van der Waals surface area contributed by atoms with Gasteiger partial charge in [0.05, 0.1) is 22.5 Å². The number of benzene rings is 1. The van der Waals surface area contributed by atoms with Crippen molar-refractivity contribution in [3.05, 3.63) is 44.6 Å². The van der Waals surface area contributed by atoms with E-state index < -0.39 is 0 Å². The fraction of sp³-hybridized carbons (Fsp3) is 0.400. The summed E-state index contributed by atoms with van der Waals surface area (Å²) in [4.78, 5) is 0. The first-order valence-corrected chi connectivity index (χ1v) is 8.03. The summed E-state index contributed by atoms with van der Waals surface area (Å²) in [6, 6.07) is 5.23. The van der Waals surface area contributed by atoms with Crippen LogP contribution in [0.3, 0.4) is 0 Å². The van der Waals surface area contributed by atoms with E-state index in [1.807, 2.05) is 11.6 Å². The predicted octanol–water partition coefficient (Wildman–Crippen LogP) is 3.95. The van der Waals surface area contributed by atoms with Crippen molar-refractivity contribution in [2.24, 2.45) is 0 Å². The van der Waals surface area contributed by atoms with Crippen molar-refractivity contribution in [3.63, 3.8) is 0 Å². The van der Waals surface area contributed by atoms with Crippen molar-refractivity contribution in [3.8, 4) is 5.75 Å². The van der Waals surface area contributed by atoms with Crippen LogP contribution in [-0.4, -0.2) is 14.9 Å². The van der Waals surface area contributed by atoms with Gasteiger partial charge in [0.25, 0.3) is 0 Å². The number of halogens is 2. The second kappa shape index (κ2) is 7.29. The third kappa shape index (κ3) is 3.59. The molecule has 114 valence electrons. The van der Waals surface area contributed by atoms with Gasteiger partial charge in [-0.05, 0) is 47.5 Å². The second-order valence-corrected chi connectivity index (χ2v) is 5.80. The maximum atomic E-state index is 9.37. The predicted molar refractivity (Wildman–Crippen MR) is 86.7 cm³/mol. The van der Waals surface area contributed by atoms with Gasteiger partial charge in [0.1, 0.15) is 12.4 Å². The number of aliphatic hydroxyl groups excluding tert-OH is 1. The quantitative estimate of drug-likeness (QED) is 0.834. The van der Waals surface area contributed by atoms with Gasteiger partial charge in [0, 0.05) is 17.1 Å². The summed E-state index contributed by atoms with van der Waals surface area (Å²) in [6.45, 7) is 5.18. The van der Waals surface area contributed by atoms with Gasteiger partial charge in [-0.25, -0.2) is 0 Å². The topological polar surface area (TPSA) is 47.3 Å². The summed E-state index contributed by atoms with van der Waals surface area (Å²) in [5.74, 6) is 0.635. The Bertz CT molecular complexity index is 628. The lowest BCUT2D eigenvalue weighted by Crippen LogP contribution is -2.07. The molecule has 1 aromatic heterocycles. The largest absolute Gasteiger partial charge is 0.487 e. The lowest BCUT2D eigenvalue weighted by Gasteiger charge is -2.11. The molecule has 0 spiro atoms. The van der Waals surface area contributed by atoms with E-state index >= 15 is 0 Å². The molecule has 0 fully saturated rings. The van der Waals surface area contributed by atoms with Crippen LogP contribution in [0.1, 0.15) is 30.8 Å². The number of hydrogen-bond acceptors (Lipinski definition) is 3. The highest BCUT2D eigenvalue weighted by molar-refractivity contribution is 9.10. The van der Waals surface area contributed by atoms with Gasteiger partial charge >= 0.3 is 0 Å². The SMILES string of the molecule is CCc1nn(CC)c(COc2ccc(Cl)cc2CO)c1Br. The molecule has 1 aromatic carbocycles. The Kier molecular flexibility index (Phi) is 5.67. The van der Waals surface area contributed by atoms with Crippen molar-refractivity contribution in [1.29, 1.82) is 0 Å². The smallest absolute Gasteiger partial charge is 0.131 e. The first kappa shape index (κ1) is 16.3. The molecule has 6 heteroatoms. The highest BCUT2D eigenvalue weighted by Gasteiger charge is 2.15. The molecule has 0 saturated heterocycles. The van der Waals surface area contributed by atoms with Crippen LogP contribution < -0.4 is 4.74 Å². The number of nitrogens with zero attached hydrogens (tertiary/aromatic N) is 2. The number of aryl methyl sites for hydroxylation is 2. The molecule has 1 N–H and O–H groups in total. The molecular formula is C15H18BrClN2O2. The van der Waals surface area contributed by atoms with Crippen LogP contribution in [0, 0.1) is 0 Å². The molecule has 0 amide bonds. The number of hydrogen-bond donors (Lipinski definition) is 1. The van der Waals surface area contributed by atoms with Crippen molar-refractivity contribution >= 4 is 27.5 Å². The van der Waals surface area contributed by atoms with Crippen molar-refractivity contribution < 1.29 is 9.84 Å². The minimum Gasteiger partial charge on any atom is -0.487 e. The van der Waals surface area contributed by atoms with Crippen LogP contribution >= 0.6 is 27.5 Å². The van der Waals surface area contributed by atoms with Gasteiger partial charge in [-0.2, -0.15) is 5.10 Å². The molecule has 0 aliphatic carbocycles. The molecule has 4 nitrogen and oxygen atoms in total. The Labute approximate surface area is 137 Å². The fourth-order valence-electron chi connectivity index (χ4n) is 2.11. The molecule has 2 rings (SSSR count). The minimum atomic E-state index is -0.107. The van der Waals surface area contributed by atoms with Gasteiger partial charge in [-0.1, -0.05) is 18.5 Å². The van der Waals surface area contributed by atoms with Gasteiger partial charge < -0.3 is 9.84 Å². The molecule has 0 aliphatic heterocycles. The van der Waals surface area contributed by atoms with Crippen LogP contribution in [0.15, 0.2) is 22.7 Å². The van der Waals surface area contributed by atoms with Gasteiger partial charge in [0.15, 0.2) is 0 Å². The molecule has 0 aliphatic rings. The Morgan fingerprint density at radius 2 is 2.14 bits per heavy atom. The Balaban J connectivity index is 2.22. The summed E-state index contributed by atoms with van der Waals surface area (Å²) in [6.07, 6.45) is 0.865. The molecular weight excluding hydrogens is 356 g/mol. The van der Waals surface area contributed by atoms with Crippen LogP contribution in [0.5, 0.6) is 5.75 Å². The summed E-state index contributed by atoms with van der Waals surface area (Å²) in [7, 11) is 0. The molecule has 2 aromatic rings. The molecule has 0 unspecified atom stereocenters. The molecule has 0 atom stereocenters. The monoisotopic (exact) mass is 372 g/mol. The second-order valence-electron chi connectivity index (χ2n) is 4.58. The maximum absolute atomic E-state index is 9.37. The molecule has 21 heavy (non-hydrogen) atoms.